The van der Waals surface area contributed by atoms with Crippen molar-refractivity contribution in [1.29, 1.82) is 0 Å². The normalized spacial score (nSPS) is 18.0. The molecule has 2 aromatic carbocycles. The van der Waals surface area contributed by atoms with Gasteiger partial charge in [0, 0.05) is 50.2 Å². The van der Waals surface area contributed by atoms with Crippen molar-refractivity contribution in [1.82, 2.24) is 4.90 Å². The van der Waals surface area contributed by atoms with Crippen molar-refractivity contribution < 1.29 is 4.79 Å². The van der Waals surface area contributed by atoms with E-state index in [0.717, 1.165) is 43.3 Å². The lowest BCUT2D eigenvalue weighted by Crippen LogP contribution is -2.47. The van der Waals surface area contributed by atoms with E-state index >= 15 is 0 Å². The summed E-state index contributed by atoms with van der Waals surface area (Å²) in [5.41, 5.74) is 3.05. The number of nitrogens with zero attached hydrogens (tertiary/aromatic N) is 2. The first-order chi connectivity index (χ1) is 13.3. The van der Waals surface area contributed by atoms with Crippen molar-refractivity contribution in [3.8, 4) is 0 Å². The van der Waals surface area contributed by atoms with Gasteiger partial charge in [0.25, 0.3) is 0 Å². The maximum Gasteiger partial charge on any atom is 0.248 e. The number of anilines is 2. The first kappa shape index (κ1) is 17.8. The number of benzene rings is 2. The predicted octanol–water partition coefficient (Wildman–Crippen LogP) is 3.87. The summed E-state index contributed by atoms with van der Waals surface area (Å²) in [4.78, 5) is 17.2. The average molecular weight is 361 g/mol. The number of rotatable bonds is 6. The van der Waals surface area contributed by atoms with Gasteiger partial charge in [-0.15, -0.1) is 0 Å². The summed E-state index contributed by atoms with van der Waals surface area (Å²) in [5.74, 6) is 0.851. The predicted molar refractivity (Wildman–Crippen MR) is 112 cm³/mol. The van der Waals surface area contributed by atoms with E-state index in [0.29, 0.717) is 0 Å². The molecule has 0 radical (unpaired) electrons. The zero-order chi connectivity index (χ0) is 18.5. The van der Waals surface area contributed by atoms with Crippen LogP contribution in [0.2, 0.25) is 0 Å². The van der Waals surface area contributed by atoms with Crippen molar-refractivity contribution in [2.24, 2.45) is 5.92 Å². The summed E-state index contributed by atoms with van der Waals surface area (Å²) in [7, 11) is 0. The van der Waals surface area contributed by atoms with Gasteiger partial charge in [-0.05, 0) is 48.6 Å². The second-order valence-corrected chi connectivity index (χ2v) is 7.51. The minimum Gasteiger partial charge on any atom is -0.369 e. The Hall–Kier alpha value is -2.59. The zero-order valence-electron chi connectivity index (χ0n) is 15.7. The van der Waals surface area contributed by atoms with Crippen LogP contribution in [0, 0.1) is 5.92 Å². The van der Waals surface area contributed by atoms with E-state index in [9.17, 15) is 4.79 Å². The minimum atomic E-state index is -0.106. The van der Waals surface area contributed by atoms with Gasteiger partial charge in [-0.2, -0.15) is 0 Å². The largest absolute Gasteiger partial charge is 0.369 e. The minimum absolute atomic E-state index is 0.106. The van der Waals surface area contributed by atoms with Crippen molar-refractivity contribution in [3.63, 3.8) is 0 Å². The number of hydrogen-bond acceptors (Lipinski definition) is 3. The van der Waals surface area contributed by atoms with Gasteiger partial charge in [-0.25, -0.2) is 0 Å². The van der Waals surface area contributed by atoms with Crippen LogP contribution in [0.15, 0.2) is 60.7 Å². The molecule has 2 aromatic rings. The van der Waals surface area contributed by atoms with Crippen LogP contribution in [0.3, 0.4) is 0 Å². The standard InChI is InChI=1S/C23H27N3O/c27-23(12-11-19-5-2-1-3-6-19)24-21-7-4-8-22(17-21)26-15-13-25(14-16-26)18-20-9-10-20/h1-8,11-12,17,20H,9-10,13-16,18H2,(H,24,27)/b12-11+. The Morgan fingerprint density at radius 3 is 2.52 bits per heavy atom. The fourth-order valence-corrected chi connectivity index (χ4v) is 3.55. The molecule has 0 aromatic heterocycles. The molecule has 0 atom stereocenters. The molecule has 1 aliphatic carbocycles. The van der Waals surface area contributed by atoms with Crippen LogP contribution >= 0.6 is 0 Å². The molecule has 4 heteroatoms. The highest BCUT2D eigenvalue weighted by atomic mass is 16.1. The van der Waals surface area contributed by atoms with Gasteiger partial charge in [0.15, 0.2) is 0 Å². The summed E-state index contributed by atoms with van der Waals surface area (Å²) in [6, 6.07) is 18.0. The van der Waals surface area contributed by atoms with E-state index in [4.69, 9.17) is 0 Å². The molecule has 0 spiro atoms. The highest BCUT2D eigenvalue weighted by Gasteiger charge is 2.26. The molecule has 1 saturated carbocycles. The van der Waals surface area contributed by atoms with E-state index in [-0.39, 0.29) is 5.91 Å². The van der Waals surface area contributed by atoms with E-state index in [1.807, 2.05) is 48.5 Å². The highest BCUT2D eigenvalue weighted by Crippen LogP contribution is 2.30. The van der Waals surface area contributed by atoms with Gasteiger partial charge < -0.3 is 10.2 Å². The van der Waals surface area contributed by atoms with Crippen molar-refractivity contribution in [2.45, 2.75) is 12.8 Å². The van der Waals surface area contributed by atoms with Gasteiger partial charge in [0.2, 0.25) is 5.91 Å². The molecule has 4 rings (SSSR count). The molecule has 2 fully saturated rings. The fraction of sp³-hybridized carbons (Fsp3) is 0.348. The Bertz CT molecular complexity index is 790. The molecule has 4 nitrogen and oxygen atoms in total. The summed E-state index contributed by atoms with van der Waals surface area (Å²) < 4.78 is 0. The van der Waals surface area contributed by atoms with Crippen LogP contribution in [-0.4, -0.2) is 43.5 Å². The van der Waals surface area contributed by atoms with Crippen molar-refractivity contribution >= 4 is 23.4 Å². The van der Waals surface area contributed by atoms with E-state index in [1.54, 1.807) is 6.08 Å². The van der Waals surface area contributed by atoms with E-state index < -0.39 is 0 Å². The SMILES string of the molecule is O=C(/C=C/c1ccccc1)Nc1cccc(N2CCN(CC3CC3)CC2)c1. The summed E-state index contributed by atoms with van der Waals surface area (Å²) in [6.45, 7) is 5.65. The maximum atomic E-state index is 12.2. The Morgan fingerprint density at radius 2 is 1.78 bits per heavy atom. The van der Waals surface area contributed by atoms with Gasteiger partial charge in [0.05, 0.1) is 0 Å². The molecule has 27 heavy (non-hydrogen) atoms. The first-order valence-corrected chi connectivity index (χ1v) is 9.88. The van der Waals surface area contributed by atoms with Crippen molar-refractivity contribution in [3.05, 3.63) is 66.2 Å². The smallest absolute Gasteiger partial charge is 0.248 e. The molecular formula is C23H27N3O. The van der Waals surface area contributed by atoms with Crippen LogP contribution in [0.1, 0.15) is 18.4 Å². The fourth-order valence-electron chi connectivity index (χ4n) is 3.55. The third kappa shape index (κ3) is 5.20. The molecular weight excluding hydrogens is 334 g/mol. The number of carbonyl (C=O) groups is 1. The Labute approximate surface area is 161 Å². The van der Waals surface area contributed by atoms with E-state index in [2.05, 4.69) is 27.2 Å². The van der Waals surface area contributed by atoms with Crippen LogP contribution in [0.5, 0.6) is 0 Å². The molecule has 0 bridgehead atoms. The second kappa shape index (κ2) is 8.40. The van der Waals surface area contributed by atoms with Gasteiger partial charge in [-0.3, -0.25) is 9.69 Å². The monoisotopic (exact) mass is 361 g/mol. The third-order valence-corrected chi connectivity index (χ3v) is 5.29. The molecule has 140 valence electrons. The maximum absolute atomic E-state index is 12.2. The lowest BCUT2D eigenvalue weighted by atomic mass is 10.2. The van der Waals surface area contributed by atoms with Crippen LogP contribution in [0.4, 0.5) is 11.4 Å². The summed E-state index contributed by atoms with van der Waals surface area (Å²) in [5, 5.41) is 2.97. The number of piperazine rings is 1. The van der Waals surface area contributed by atoms with Crippen LogP contribution in [-0.2, 0) is 4.79 Å². The number of carbonyl (C=O) groups excluding carboxylic acids is 1. The Kier molecular flexibility index (Phi) is 5.54. The van der Waals surface area contributed by atoms with Crippen molar-refractivity contribution in [2.75, 3.05) is 42.9 Å². The molecule has 1 heterocycles. The average Bonchev–Trinajstić information content (AvgIpc) is 3.52. The zero-order valence-corrected chi connectivity index (χ0v) is 15.7. The van der Waals surface area contributed by atoms with Crippen LogP contribution in [0.25, 0.3) is 6.08 Å². The van der Waals surface area contributed by atoms with Gasteiger partial charge in [-0.1, -0.05) is 36.4 Å². The third-order valence-electron chi connectivity index (χ3n) is 5.29. The highest BCUT2D eigenvalue weighted by molar-refractivity contribution is 6.02. The molecule has 0 unspecified atom stereocenters. The molecule has 1 saturated heterocycles. The number of nitrogens with one attached hydrogen (secondary N) is 1. The van der Waals surface area contributed by atoms with Crippen LogP contribution < -0.4 is 10.2 Å². The molecule has 2 aliphatic rings. The topological polar surface area (TPSA) is 35.6 Å². The molecule has 1 amide bonds. The lowest BCUT2D eigenvalue weighted by molar-refractivity contribution is -0.111. The Morgan fingerprint density at radius 1 is 1.00 bits per heavy atom. The summed E-state index contributed by atoms with van der Waals surface area (Å²) >= 11 is 0. The molecule has 1 N–H and O–H groups in total. The van der Waals surface area contributed by atoms with E-state index in [1.165, 1.54) is 25.1 Å². The van der Waals surface area contributed by atoms with Gasteiger partial charge >= 0.3 is 0 Å². The molecule has 1 aliphatic heterocycles. The summed E-state index contributed by atoms with van der Waals surface area (Å²) in [6.07, 6.45) is 6.25. The first-order valence-electron chi connectivity index (χ1n) is 9.88. The second-order valence-electron chi connectivity index (χ2n) is 7.51. The quantitative estimate of drug-likeness (QED) is 0.794. The number of amides is 1. The number of hydrogen-bond donors (Lipinski definition) is 1. The lowest BCUT2D eigenvalue weighted by Gasteiger charge is -2.36. The van der Waals surface area contributed by atoms with Gasteiger partial charge in [0.1, 0.15) is 0 Å². The Balaban J connectivity index is 1.32.